The number of nitrogens with two attached hydrogens (primary N) is 1. The van der Waals surface area contributed by atoms with Crippen LogP contribution < -0.4 is 27.2 Å². The minimum atomic E-state index is -1.25. The minimum absolute atomic E-state index is 0.0220. The second-order valence-corrected chi connectivity index (χ2v) is 21.7. The summed E-state index contributed by atoms with van der Waals surface area (Å²) in [7, 11) is 0. The van der Waals surface area contributed by atoms with Crippen molar-refractivity contribution in [2.45, 2.75) is 57.5 Å². The van der Waals surface area contributed by atoms with Crippen molar-refractivity contribution >= 4 is 64.1 Å². The Morgan fingerprint density at radius 1 is 0.510 bits per heavy atom. The number of nitrogens with one attached hydrogen (secondary N) is 4. The Morgan fingerprint density at radius 2 is 0.917 bits per heavy atom. The molecule has 0 unspecified atom stereocenters. The molecule has 34 nitrogen and oxygen atoms in total. The summed E-state index contributed by atoms with van der Waals surface area (Å²) >= 11 is 0. The van der Waals surface area contributed by atoms with Crippen LogP contribution in [-0.4, -0.2) is 321 Å². The van der Waals surface area contributed by atoms with Gasteiger partial charge in [0.05, 0.1) is 190 Å². The lowest BCUT2D eigenvalue weighted by Gasteiger charge is -2.24. The number of hydrogen-bond acceptors (Lipinski definition) is 28. The number of carbonyl (C=O) groups excluding carboxylic acids is 4. The number of fused-ring (bicyclic) bond motifs is 1. The number of nitrogens with zero attached hydrogens (tertiary/aromatic N) is 6. The van der Waals surface area contributed by atoms with Crippen LogP contribution in [0.2, 0.25) is 0 Å². The highest BCUT2D eigenvalue weighted by Gasteiger charge is 2.23. The zero-order valence-corrected chi connectivity index (χ0v) is 54.9. The van der Waals surface area contributed by atoms with Crippen LogP contribution in [0.1, 0.15) is 61.0 Å². The molecule has 1 aliphatic heterocycles. The highest BCUT2D eigenvalue weighted by atomic mass is 16.6. The normalized spacial score (nSPS) is 13.6. The molecular formula is C62H99N11O23. The van der Waals surface area contributed by atoms with Crippen LogP contribution in [0.3, 0.4) is 0 Å². The number of anilines is 2. The molecule has 34 heteroatoms. The van der Waals surface area contributed by atoms with Crippen LogP contribution in [0.25, 0.3) is 11.2 Å². The third-order valence-electron chi connectivity index (χ3n) is 14.0. The summed E-state index contributed by atoms with van der Waals surface area (Å²) in [6.07, 6.45) is 3.09. The van der Waals surface area contributed by atoms with E-state index in [4.69, 9.17) is 62.6 Å². The first kappa shape index (κ1) is 81.6. The average Bonchev–Trinajstić information content (AvgIpc) is 0.911. The zero-order valence-electron chi connectivity index (χ0n) is 54.9. The summed E-state index contributed by atoms with van der Waals surface area (Å²) < 4.78 is 66.2. The van der Waals surface area contributed by atoms with E-state index in [2.05, 4.69) is 35.9 Å². The Balaban J connectivity index is 0.793. The zero-order chi connectivity index (χ0) is 69.1. The van der Waals surface area contributed by atoms with Crippen molar-refractivity contribution in [1.82, 2.24) is 45.3 Å². The monoisotopic (exact) mass is 1370 g/mol. The van der Waals surface area contributed by atoms with Crippen molar-refractivity contribution < 1.29 is 106 Å². The third-order valence-corrected chi connectivity index (χ3v) is 14.0. The lowest BCUT2D eigenvalue weighted by atomic mass is 10.1. The van der Waals surface area contributed by atoms with Crippen molar-refractivity contribution in [2.24, 2.45) is 0 Å². The maximum absolute atomic E-state index is 12.8. The maximum atomic E-state index is 12.8. The third kappa shape index (κ3) is 40.6. The van der Waals surface area contributed by atoms with E-state index in [0.717, 1.165) is 0 Å². The summed E-state index contributed by atoms with van der Waals surface area (Å²) in [5, 5.41) is 36.6. The number of amides is 2. The lowest BCUT2D eigenvalue weighted by Crippen LogP contribution is -2.43. The van der Waals surface area contributed by atoms with Gasteiger partial charge in [0.15, 0.2) is 11.2 Å². The standard InChI is InChI=1S/C62H99N11O23/c63-62-69-58-57(60(82)70-62)67-50(44-66-58)43-65-49-7-5-48(6-8-49)59(81)68-53(61(83)84)10-9-51(74)4-2-19-85-21-23-87-25-27-89-29-31-91-33-35-93-37-39-95-41-42-96-40-38-94-36-34-92-32-30-90-28-26-88-24-22-86-20-11-52(75)3-1-12-64-54(76)45-71-13-15-72(46-55(77)78)17-18-73(16-14-71)47-56(79)80/h5-8,44,53,65H,1-4,9-43,45-47H2,(H,64,76)(H,68,81)(H,77,78)(H,79,80)(H,83,84)(H3,63,66,69,70,82)/t53-/m0/s1. The lowest BCUT2D eigenvalue weighted by molar-refractivity contribution is -0.140. The number of ether oxygens (including phenoxy) is 12. The van der Waals surface area contributed by atoms with E-state index in [1.165, 1.54) is 18.3 Å². The van der Waals surface area contributed by atoms with Crippen molar-refractivity contribution in [2.75, 3.05) is 235 Å². The van der Waals surface area contributed by atoms with Crippen molar-refractivity contribution in [3.05, 3.63) is 52.1 Å². The molecule has 1 fully saturated rings. The van der Waals surface area contributed by atoms with Gasteiger partial charge in [0.25, 0.3) is 11.5 Å². The van der Waals surface area contributed by atoms with Crippen LogP contribution in [0, 0.1) is 0 Å². The largest absolute Gasteiger partial charge is 0.480 e. The molecule has 9 N–H and O–H groups in total. The number of hydrogen-bond donors (Lipinski definition) is 8. The number of H-pyrrole nitrogens is 1. The number of aromatic amines is 1. The molecule has 0 radical (unpaired) electrons. The van der Waals surface area contributed by atoms with Gasteiger partial charge in [-0.1, -0.05) is 0 Å². The number of benzene rings is 1. The molecule has 3 heterocycles. The Hall–Kier alpha value is -6.87. The van der Waals surface area contributed by atoms with E-state index in [-0.39, 0.29) is 98.6 Å². The SMILES string of the molecule is Nc1nc2ncc(CNc3ccc(C(=O)N[C@@H](CCC(=O)CCCOCCOCCOCCOCCOCCOCCOCCOCCOCCOCCOCCOCCC(=O)CCCNC(=O)CN4CCN(CC(=O)O)CCN(CC(=O)O)CC4)C(=O)O)cc3)nc2c(=O)[nH]1. The van der Waals surface area contributed by atoms with Crippen LogP contribution in [0.5, 0.6) is 0 Å². The van der Waals surface area contributed by atoms with Gasteiger partial charge in [0.2, 0.25) is 11.9 Å². The molecular weight excluding hydrogens is 1270 g/mol. The molecule has 1 saturated heterocycles. The van der Waals surface area contributed by atoms with E-state index in [1.807, 2.05) is 4.90 Å². The van der Waals surface area contributed by atoms with Crippen molar-refractivity contribution in [1.29, 1.82) is 0 Å². The highest BCUT2D eigenvalue weighted by molar-refractivity contribution is 5.97. The van der Waals surface area contributed by atoms with Crippen LogP contribution in [0.4, 0.5) is 11.6 Å². The summed E-state index contributed by atoms with van der Waals surface area (Å²) in [4.78, 5) is 117. The predicted octanol–water partition coefficient (Wildman–Crippen LogP) is -0.637. The summed E-state index contributed by atoms with van der Waals surface area (Å²) in [6, 6.07) is 5.07. The second kappa shape index (κ2) is 52.3. The van der Waals surface area contributed by atoms with Gasteiger partial charge in [-0.2, -0.15) is 4.98 Å². The van der Waals surface area contributed by atoms with Crippen molar-refractivity contribution in [3.8, 4) is 0 Å². The number of nitrogen functional groups attached to an aromatic ring is 1. The van der Waals surface area contributed by atoms with E-state index in [1.54, 1.807) is 21.9 Å². The average molecular weight is 1370 g/mol. The van der Waals surface area contributed by atoms with Crippen molar-refractivity contribution in [3.63, 3.8) is 0 Å². The number of carboxylic acids is 3. The first-order valence-corrected chi connectivity index (χ1v) is 32.4. The summed E-state index contributed by atoms with van der Waals surface area (Å²) in [6.45, 7) is 12.5. The molecule has 96 heavy (non-hydrogen) atoms. The number of carboxylic acid groups (broad SMARTS) is 3. The Labute approximate surface area is 558 Å². The number of ketones is 2. The number of carbonyl (C=O) groups is 7. The predicted molar refractivity (Wildman–Crippen MR) is 345 cm³/mol. The molecule has 1 aliphatic rings. The summed E-state index contributed by atoms with van der Waals surface area (Å²) in [5.74, 6) is -4.17. The maximum Gasteiger partial charge on any atom is 0.326 e. The number of aromatic nitrogens is 4. The first-order chi connectivity index (χ1) is 46.6. The van der Waals surface area contributed by atoms with Gasteiger partial charge >= 0.3 is 17.9 Å². The van der Waals surface area contributed by atoms with E-state index in [0.29, 0.717) is 228 Å². The van der Waals surface area contributed by atoms with Gasteiger partial charge in [-0.15, -0.1) is 0 Å². The summed E-state index contributed by atoms with van der Waals surface area (Å²) in [5.41, 5.74) is 6.54. The minimum Gasteiger partial charge on any atom is -0.480 e. The molecule has 1 atom stereocenters. The molecule has 4 rings (SSSR count). The van der Waals surface area contributed by atoms with Gasteiger partial charge in [0.1, 0.15) is 17.6 Å². The number of aliphatic carboxylic acids is 3. The van der Waals surface area contributed by atoms with Crippen LogP contribution in [-0.2, 0) is 92.2 Å². The number of rotatable bonds is 59. The van der Waals surface area contributed by atoms with Gasteiger partial charge in [-0.05, 0) is 43.5 Å². The number of Topliss-reactive ketones (excluding diaryl/α,β-unsaturated/α-hetero) is 2. The fourth-order valence-corrected chi connectivity index (χ4v) is 8.93. The van der Waals surface area contributed by atoms with E-state index < -0.39 is 35.4 Å². The fraction of sp³-hybridized carbons (Fsp3) is 0.694. The smallest absolute Gasteiger partial charge is 0.326 e. The van der Waals surface area contributed by atoms with E-state index >= 15 is 0 Å². The van der Waals surface area contributed by atoms with Gasteiger partial charge in [-0.3, -0.25) is 53.2 Å². The topological polar surface area (TPSA) is 434 Å². The quantitative estimate of drug-likeness (QED) is 0.0326. The van der Waals surface area contributed by atoms with Crippen LogP contribution >= 0.6 is 0 Å². The van der Waals surface area contributed by atoms with E-state index in [9.17, 15) is 53.7 Å². The van der Waals surface area contributed by atoms with Gasteiger partial charge < -0.3 is 93.8 Å². The first-order valence-electron chi connectivity index (χ1n) is 32.4. The van der Waals surface area contributed by atoms with Gasteiger partial charge in [0, 0.05) is 89.4 Å². The second-order valence-electron chi connectivity index (χ2n) is 21.7. The Kier molecular flexibility index (Phi) is 44.4. The molecule has 0 spiro atoms. The molecule has 2 aromatic heterocycles. The molecule has 0 aliphatic carbocycles. The van der Waals surface area contributed by atoms with Crippen LogP contribution in [0.15, 0.2) is 35.3 Å². The Bertz CT molecular complexity index is 2710. The molecule has 2 amide bonds. The molecule has 1 aromatic carbocycles. The van der Waals surface area contributed by atoms with Gasteiger partial charge in [-0.25, -0.2) is 14.8 Å². The molecule has 0 bridgehead atoms. The molecule has 0 saturated carbocycles. The molecule has 3 aromatic rings. The molecule has 540 valence electrons. The highest BCUT2D eigenvalue weighted by Crippen LogP contribution is 2.13. The fourth-order valence-electron chi connectivity index (χ4n) is 8.93. The Morgan fingerprint density at radius 3 is 1.35 bits per heavy atom.